The van der Waals surface area contributed by atoms with E-state index in [9.17, 15) is 18.5 Å². The van der Waals surface area contributed by atoms with Gasteiger partial charge in [0, 0.05) is 0 Å². The Balaban J connectivity index is 2.67. The quantitative estimate of drug-likeness (QED) is 0.315. The lowest BCUT2D eigenvalue weighted by atomic mass is 10.1. The van der Waals surface area contributed by atoms with Crippen LogP contribution in [0.15, 0.2) is 29.2 Å². The van der Waals surface area contributed by atoms with Crippen LogP contribution in [0.5, 0.6) is 0 Å². The minimum atomic E-state index is -4.26. The van der Waals surface area contributed by atoms with Gasteiger partial charge in [0.15, 0.2) is 0 Å². The second-order valence-corrected chi connectivity index (χ2v) is 5.44. The maximum Gasteiger partial charge on any atom is 0.323 e. The molecule has 1 rings (SSSR count). The van der Waals surface area contributed by atoms with Crippen LogP contribution >= 0.6 is 0 Å². The van der Waals surface area contributed by atoms with Crippen LogP contribution in [0.3, 0.4) is 0 Å². The number of unbranched alkanes of at least 4 members (excludes halogenated alkanes) is 2. The third-order valence-electron chi connectivity index (χ3n) is 2.46. The van der Waals surface area contributed by atoms with Crippen LogP contribution in [-0.4, -0.2) is 13.5 Å². The number of aryl methyl sites for hydroxylation is 1. The van der Waals surface area contributed by atoms with Crippen molar-refractivity contribution in [1.82, 2.24) is 0 Å². The summed E-state index contributed by atoms with van der Waals surface area (Å²) >= 11 is 0. The molecular formula is C11H15NO6S. The molecule has 0 aromatic heterocycles. The van der Waals surface area contributed by atoms with Gasteiger partial charge in [-0.15, -0.1) is 15.1 Å². The Morgan fingerprint density at radius 1 is 1.21 bits per heavy atom. The summed E-state index contributed by atoms with van der Waals surface area (Å²) < 4.78 is 26.7. The topological polar surface area (TPSA) is 95.7 Å². The van der Waals surface area contributed by atoms with E-state index in [1.54, 1.807) is 12.1 Å². The van der Waals surface area contributed by atoms with Crippen molar-refractivity contribution in [2.45, 2.75) is 37.5 Å². The lowest BCUT2D eigenvalue weighted by Gasteiger charge is -2.04. The van der Waals surface area contributed by atoms with Crippen molar-refractivity contribution >= 4 is 10.1 Å². The average Bonchev–Trinajstić information content (AvgIpc) is 2.37. The first-order valence-corrected chi connectivity index (χ1v) is 7.21. The predicted octanol–water partition coefficient (Wildman–Crippen LogP) is 2.25. The first-order chi connectivity index (χ1) is 8.95. The van der Waals surface area contributed by atoms with Gasteiger partial charge in [-0.05, 0) is 30.5 Å². The van der Waals surface area contributed by atoms with Gasteiger partial charge < -0.3 is 0 Å². The number of hydrogen-bond donors (Lipinski definition) is 0. The van der Waals surface area contributed by atoms with Gasteiger partial charge in [0.2, 0.25) is 0 Å². The van der Waals surface area contributed by atoms with E-state index in [-0.39, 0.29) is 4.90 Å². The van der Waals surface area contributed by atoms with Crippen molar-refractivity contribution in [3.63, 3.8) is 0 Å². The second kappa shape index (κ2) is 7.05. The van der Waals surface area contributed by atoms with Crippen LogP contribution in [0.2, 0.25) is 0 Å². The van der Waals surface area contributed by atoms with Crippen molar-refractivity contribution < 1.29 is 22.8 Å². The fourth-order valence-electron chi connectivity index (χ4n) is 1.51. The molecule has 0 fully saturated rings. The van der Waals surface area contributed by atoms with Gasteiger partial charge in [0.05, 0.1) is 4.90 Å². The third-order valence-corrected chi connectivity index (χ3v) is 3.55. The van der Waals surface area contributed by atoms with Gasteiger partial charge in [-0.2, -0.15) is 8.42 Å². The summed E-state index contributed by atoms with van der Waals surface area (Å²) in [6.07, 6.45) is 4.11. The summed E-state index contributed by atoms with van der Waals surface area (Å²) in [7, 11) is -4.26. The van der Waals surface area contributed by atoms with Gasteiger partial charge >= 0.3 is 15.2 Å². The summed E-state index contributed by atoms with van der Waals surface area (Å²) in [6, 6.07) is 5.97. The van der Waals surface area contributed by atoms with E-state index in [4.69, 9.17) is 0 Å². The molecule has 106 valence electrons. The molecule has 0 amide bonds. The zero-order valence-electron chi connectivity index (χ0n) is 10.4. The molecule has 0 radical (unpaired) electrons. The standard InChI is InChI=1S/C11H15NO6S/c1-2-3-4-5-10-6-8-11(9-7-10)19(15,16)18-17-12(13)14/h6-9H,2-5H2,1H3. The van der Waals surface area contributed by atoms with E-state index < -0.39 is 15.2 Å². The molecule has 0 aliphatic carbocycles. The van der Waals surface area contributed by atoms with Gasteiger partial charge in [-0.3, -0.25) is 0 Å². The zero-order valence-corrected chi connectivity index (χ0v) is 11.3. The summed E-state index contributed by atoms with van der Waals surface area (Å²) in [5.41, 5.74) is 1.00. The first kappa shape index (κ1) is 15.4. The highest BCUT2D eigenvalue weighted by Crippen LogP contribution is 2.15. The van der Waals surface area contributed by atoms with E-state index in [1.807, 2.05) is 0 Å². The smallest absolute Gasteiger partial charge is 0.192 e. The monoisotopic (exact) mass is 289 g/mol. The summed E-state index contributed by atoms with van der Waals surface area (Å²) in [4.78, 5) is 13.1. The fraction of sp³-hybridized carbons (Fsp3) is 0.455. The Hall–Kier alpha value is -1.67. The molecule has 0 N–H and O–H groups in total. The second-order valence-electron chi connectivity index (χ2n) is 3.92. The van der Waals surface area contributed by atoms with Gasteiger partial charge in [-0.1, -0.05) is 36.2 Å². The fourth-order valence-corrected chi connectivity index (χ4v) is 2.18. The van der Waals surface area contributed by atoms with Crippen LogP contribution in [0.1, 0.15) is 31.7 Å². The Bertz CT molecular complexity index is 510. The first-order valence-electron chi connectivity index (χ1n) is 5.80. The Kier molecular flexibility index (Phi) is 5.71. The van der Waals surface area contributed by atoms with Gasteiger partial charge in [0.25, 0.3) is 0 Å². The van der Waals surface area contributed by atoms with Crippen LogP contribution < -0.4 is 0 Å². The maximum atomic E-state index is 11.5. The highest BCUT2D eigenvalue weighted by atomic mass is 32.2. The largest absolute Gasteiger partial charge is 0.323 e. The SMILES string of the molecule is CCCCCc1ccc(S(=O)(=O)OO[N+](=O)[O-])cc1. The van der Waals surface area contributed by atoms with E-state index in [1.165, 1.54) is 12.1 Å². The van der Waals surface area contributed by atoms with Crippen LogP contribution in [-0.2, 0) is 25.9 Å². The molecule has 7 nitrogen and oxygen atoms in total. The lowest BCUT2D eigenvalue weighted by Crippen LogP contribution is -2.10. The summed E-state index contributed by atoms with van der Waals surface area (Å²) in [5.74, 6) is 0. The Morgan fingerprint density at radius 2 is 1.84 bits per heavy atom. The van der Waals surface area contributed by atoms with E-state index in [0.29, 0.717) is 0 Å². The highest BCUT2D eigenvalue weighted by molar-refractivity contribution is 7.86. The molecule has 0 aliphatic heterocycles. The Morgan fingerprint density at radius 3 is 2.37 bits per heavy atom. The molecule has 0 spiro atoms. The van der Waals surface area contributed by atoms with E-state index in [2.05, 4.69) is 16.2 Å². The van der Waals surface area contributed by atoms with Crippen LogP contribution in [0, 0.1) is 10.1 Å². The highest BCUT2D eigenvalue weighted by Gasteiger charge is 2.17. The molecule has 0 saturated carbocycles. The molecule has 0 aliphatic rings. The Labute approximate surface area is 111 Å². The van der Waals surface area contributed by atoms with Gasteiger partial charge in [0.1, 0.15) is 0 Å². The average molecular weight is 289 g/mol. The number of rotatable bonds is 8. The van der Waals surface area contributed by atoms with Crippen molar-refractivity contribution in [3.05, 3.63) is 39.9 Å². The minimum Gasteiger partial charge on any atom is -0.192 e. The molecule has 1 aromatic rings. The van der Waals surface area contributed by atoms with Gasteiger partial charge in [-0.25, -0.2) is 0 Å². The van der Waals surface area contributed by atoms with Crippen LogP contribution in [0.25, 0.3) is 0 Å². The van der Waals surface area contributed by atoms with E-state index >= 15 is 0 Å². The number of benzene rings is 1. The summed E-state index contributed by atoms with van der Waals surface area (Å²) in [5, 5.41) is 8.54. The molecule has 0 atom stereocenters. The maximum absolute atomic E-state index is 11.5. The predicted molar refractivity (Wildman–Crippen MR) is 66.0 cm³/mol. The van der Waals surface area contributed by atoms with Crippen molar-refractivity contribution in [1.29, 1.82) is 0 Å². The number of nitrogens with zero attached hydrogens (tertiary/aromatic N) is 1. The minimum absolute atomic E-state index is 0.186. The zero-order chi connectivity index (χ0) is 14.3. The van der Waals surface area contributed by atoms with Crippen molar-refractivity contribution in [2.24, 2.45) is 0 Å². The van der Waals surface area contributed by atoms with E-state index in [0.717, 1.165) is 31.2 Å². The molecule has 0 saturated heterocycles. The van der Waals surface area contributed by atoms with Crippen molar-refractivity contribution in [3.8, 4) is 0 Å². The molecule has 0 heterocycles. The van der Waals surface area contributed by atoms with Crippen LogP contribution in [0.4, 0.5) is 0 Å². The molecule has 8 heteroatoms. The normalized spacial score (nSPS) is 11.2. The molecule has 19 heavy (non-hydrogen) atoms. The molecular weight excluding hydrogens is 274 g/mol. The summed E-state index contributed by atoms with van der Waals surface area (Å²) in [6.45, 7) is 2.10. The number of hydrogen-bond acceptors (Lipinski definition) is 6. The molecule has 0 bridgehead atoms. The third kappa shape index (κ3) is 5.23. The lowest BCUT2D eigenvalue weighted by molar-refractivity contribution is -0.833. The van der Waals surface area contributed by atoms with Crippen molar-refractivity contribution in [2.75, 3.05) is 0 Å². The molecule has 1 aromatic carbocycles. The molecule has 0 unspecified atom stereocenters.